The molecule has 6 heteroatoms. The van der Waals surface area contributed by atoms with Gasteiger partial charge in [0.25, 0.3) is 0 Å². The number of carbonyl (C=O) groups is 1. The van der Waals surface area contributed by atoms with Gasteiger partial charge in [-0.1, -0.05) is 36.4 Å². The molecule has 1 N–H and O–H groups in total. The number of ether oxygens (including phenoxy) is 2. The SMILES string of the molecule is CCOc1cc(/C=C(/C#N)c2ccc3ccccc3c2)cc(Br)c1OCC(=O)O. The van der Waals surface area contributed by atoms with Crippen molar-refractivity contribution < 1.29 is 19.4 Å². The standard InChI is InChI=1S/C23H18BrNO4/c1-2-28-21-11-15(10-20(24)23(21)29-14-22(26)27)9-19(13-25)18-8-7-16-5-3-4-6-17(16)12-18/h3-12H,2,14H2,1H3,(H,26,27)/b19-9-. The van der Waals surface area contributed by atoms with Crippen LogP contribution in [0.4, 0.5) is 0 Å². The number of benzene rings is 3. The van der Waals surface area contributed by atoms with Crippen LogP contribution in [0.15, 0.2) is 59.1 Å². The Balaban J connectivity index is 2.01. The minimum absolute atomic E-state index is 0.315. The van der Waals surface area contributed by atoms with Crippen molar-refractivity contribution >= 4 is 44.3 Å². The Morgan fingerprint density at radius 2 is 1.90 bits per heavy atom. The maximum absolute atomic E-state index is 10.8. The largest absolute Gasteiger partial charge is 0.490 e. The number of hydrogen-bond donors (Lipinski definition) is 1. The van der Waals surface area contributed by atoms with Gasteiger partial charge in [-0.2, -0.15) is 5.26 Å². The summed E-state index contributed by atoms with van der Waals surface area (Å²) < 4.78 is 11.5. The number of carboxylic acids is 1. The second kappa shape index (κ2) is 9.26. The number of rotatable bonds is 7. The first-order valence-electron chi connectivity index (χ1n) is 8.93. The predicted octanol–water partition coefficient (Wildman–Crippen LogP) is 5.53. The van der Waals surface area contributed by atoms with E-state index in [-0.39, 0.29) is 0 Å². The fraction of sp³-hybridized carbons (Fsp3) is 0.130. The Hall–Kier alpha value is -3.30. The molecule has 3 aromatic rings. The van der Waals surface area contributed by atoms with E-state index in [4.69, 9.17) is 14.6 Å². The summed E-state index contributed by atoms with van der Waals surface area (Å²) in [6.07, 6.45) is 1.76. The monoisotopic (exact) mass is 451 g/mol. The maximum Gasteiger partial charge on any atom is 0.341 e. The van der Waals surface area contributed by atoms with E-state index in [0.717, 1.165) is 21.9 Å². The summed E-state index contributed by atoms with van der Waals surface area (Å²) in [5, 5.41) is 20.7. The summed E-state index contributed by atoms with van der Waals surface area (Å²) >= 11 is 3.41. The van der Waals surface area contributed by atoms with Crippen LogP contribution in [0.5, 0.6) is 11.5 Å². The Bertz CT molecular complexity index is 1130. The third-order valence-electron chi connectivity index (χ3n) is 4.16. The minimum atomic E-state index is -1.08. The molecule has 0 heterocycles. The predicted molar refractivity (Wildman–Crippen MR) is 116 cm³/mol. The molecule has 0 aliphatic carbocycles. The lowest BCUT2D eigenvalue weighted by atomic mass is 10.00. The van der Waals surface area contributed by atoms with E-state index < -0.39 is 12.6 Å². The molecule has 0 aliphatic rings. The van der Waals surface area contributed by atoms with Crippen molar-refractivity contribution in [1.29, 1.82) is 5.26 Å². The number of hydrogen-bond acceptors (Lipinski definition) is 4. The molecule has 3 rings (SSSR count). The van der Waals surface area contributed by atoms with Gasteiger partial charge < -0.3 is 14.6 Å². The number of nitriles is 1. The van der Waals surface area contributed by atoms with Crippen LogP contribution in [0.25, 0.3) is 22.4 Å². The van der Waals surface area contributed by atoms with Crippen LogP contribution in [0, 0.1) is 11.3 Å². The van der Waals surface area contributed by atoms with Crippen LogP contribution in [0.1, 0.15) is 18.1 Å². The van der Waals surface area contributed by atoms with Crippen LogP contribution in [0.2, 0.25) is 0 Å². The molecule has 29 heavy (non-hydrogen) atoms. The van der Waals surface area contributed by atoms with Crippen molar-refractivity contribution in [3.05, 3.63) is 70.2 Å². The van der Waals surface area contributed by atoms with Gasteiger partial charge in [0.05, 0.1) is 22.7 Å². The van der Waals surface area contributed by atoms with Crippen molar-refractivity contribution in [2.45, 2.75) is 6.92 Å². The third kappa shape index (κ3) is 4.95. The van der Waals surface area contributed by atoms with Gasteiger partial charge in [0.15, 0.2) is 18.1 Å². The average molecular weight is 452 g/mol. The zero-order valence-corrected chi connectivity index (χ0v) is 17.3. The van der Waals surface area contributed by atoms with E-state index in [9.17, 15) is 10.1 Å². The van der Waals surface area contributed by atoms with E-state index in [1.54, 1.807) is 18.2 Å². The Kier molecular flexibility index (Phi) is 6.53. The lowest BCUT2D eigenvalue weighted by Gasteiger charge is -2.13. The summed E-state index contributed by atoms with van der Waals surface area (Å²) in [6, 6.07) is 19.6. The highest BCUT2D eigenvalue weighted by molar-refractivity contribution is 9.10. The lowest BCUT2D eigenvalue weighted by molar-refractivity contribution is -0.139. The number of carboxylic acid groups (broad SMARTS) is 1. The van der Waals surface area contributed by atoms with Crippen molar-refractivity contribution in [2.24, 2.45) is 0 Å². The summed E-state index contributed by atoms with van der Waals surface area (Å²) in [5.41, 5.74) is 2.04. The van der Waals surface area contributed by atoms with E-state index in [2.05, 4.69) is 22.0 Å². The topological polar surface area (TPSA) is 79.5 Å². The quantitative estimate of drug-likeness (QED) is 0.377. The number of aliphatic carboxylic acids is 1. The zero-order valence-electron chi connectivity index (χ0n) is 15.7. The van der Waals surface area contributed by atoms with E-state index in [1.165, 1.54) is 0 Å². The highest BCUT2D eigenvalue weighted by atomic mass is 79.9. The van der Waals surface area contributed by atoms with Gasteiger partial charge >= 0.3 is 5.97 Å². The fourth-order valence-corrected chi connectivity index (χ4v) is 3.49. The molecule has 0 unspecified atom stereocenters. The van der Waals surface area contributed by atoms with Gasteiger partial charge in [-0.25, -0.2) is 4.79 Å². The maximum atomic E-state index is 10.8. The molecule has 0 aromatic heterocycles. The molecular weight excluding hydrogens is 434 g/mol. The third-order valence-corrected chi connectivity index (χ3v) is 4.75. The normalized spacial score (nSPS) is 11.1. The Morgan fingerprint density at radius 3 is 2.59 bits per heavy atom. The molecule has 0 bridgehead atoms. The summed E-state index contributed by atoms with van der Waals surface area (Å²) in [7, 11) is 0. The van der Waals surface area contributed by atoms with Gasteiger partial charge in [0, 0.05) is 0 Å². The molecule has 0 spiro atoms. The fourth-order valence-electron chi connectivity index (χ4n) is 2.91. The lowest BCUT2D eigenvalue weighted by Crippen LogP contribution is -2.10. The molecule has 0 radical (unpaired) electrons. The second-order valence-electron chi connectivity index (χ2n) is 6.18. The highest BCUT2D eigenvalue weighted by Gasteiger charge is 2.14. The smallest absolute Gasteiger partial charge is 0.341 e. The van der Waals surface area contributed by atoms with Crippen molar-refractivity contribution in [2.75, 3.05) is 13.2 Å². The van der Waals surface area contributed by atoms with Crippen LogP contribution < -0.4 is 9.47 Å². The zero-order chi connectivity index (χ0) is 20.8. The van der Waals surface area contributed by atoms with Gasteiger partial charge in [0.1, 0.15) is 0 Å². The van der Waals surface area contributed by atoms with E-state index in [1.807, 2.05) is 49.4 Å². The van der Waals surface area contributed by atoms with Gasteiger partial charge in [-0.3, -0.25) is 0 Å². The first-order valence-corrected chi connectivity index (χ1v) is 9.73. The first kappa shape index (κ1) is 20.4. The first-order chi connectivity index (χ1) is 14.0. The molecule has 3 aromatic carbocycles. The van der Waals surface area contributed by atoms with Crippen LogP contribution in [-0.2, 0) is 4.79 Å². The number of fused-ring (bicyclic) bond motifs is 1. The molecule has 0 aliphatic heterocycles. The highest BCUT2D eigenvalue weighted by Crippen LogP contribution is 2.38. The molecule has 5 nitrogen and oxygen atoms in total. The van der Waals surface area contributed by atoms with Crippen molar-refractivity contribution in [3.8, 4) is 17.6 Å². The minimum Gasteiger partial charge on any atom is -0.490 e. The number of halogens is 1. The molecule has 0 atom stereocenters. The van der Waals surface area contributed by atoms with E-state index in [0.29, 0.717) is 28.2 Å². The van der Waals surface area contributed by atoms with Crippen LogP contribution in [0.3, 0.4) is 0 Å². The number of allylic oxidation sites excluding steroid dienone is 1. The van der Waals surface area contributed by atoms with Crippen molar-refractivity contribution in [3.63, 3.8) is 0 Å². The van der Waals surface area contributed by atoms with Gasteiger partial charge in [-0.05, 0) is 69.0 Å². The molecule has 0 amide bonds. The second-order valence-corrected chi connectivity index (χ2v) is 7.03. The Morgan fingerprint density at radius 1 is 1.14 bits per heavy atom. The summed E-state index contributed by atoms with van der Waals surface area (Å²) in [6.45, 7) is 1.74. The molecular formula is C23H18BrNO4. The average Bonchev–Trinajstić information content (AvgIpc) is 2.71. The van der Waals surface area contributed by atoms with Crippen molar-refractivity contribution in [1.82, 2.24) is 0 Å². The Labute approximate surface area is 176 Å². The van der Waals surface area contributed by atoms with Crippen LogP contribution >= 0.6 is 15.9 Å². The molecule has 0 saturated carbocycles. The summed E-state index contributed by atoms with van der Waals surface area (Å²) in [4.78, 5) is 10.8. The molecule has 0 fully saturated rings. The molecule has 0 saturated heterocycles. The summed E-state index contributed by atoms with van der Waals surface area (Å²) in [5.74, 6) is -0.354. The number of nitrogens with zero attached hydrogens (tertiary/aromatic N) is 1. The van der Waals surface area contributed by atoms with E-state index >= 15 is 0 Å². The van der Waals surface area contributed by atoms with Gasteiger partial charge in [-0.15, -0.1) is 0 Å². The van der Waals surface area contributed by atoms with Crippen LogP contribution in [-0.4, -0.2) is 24.3 Å². The molecule has 146 valence electrons. The van der Waals surface area contributed by atoms with Gasteiger partial charge in [0.2, 0.25) is 0 Å².